The number of hydrogen-bond acceptors (Lipinski definition) is 8. The molecule has 3 heterocycles. The second kappa shape index (κ2) is 9.68. The molecule has 32 heavy (non-hydrogen) atoms. The molecule has 170 valence electrons. The van der Waals surface area contributed by atoms with Gasteiger partial charge in [0.25, 0.3) is 5.91 Å². The largest absolute Gasteiger partial charge is 0.394 e. The first kappa shape index (κ1) is 22.3. The zero-order valence-corrected chi connectivity index (χ0v) is 17.9. The Labute approximate surface area is 184 Å². The Morgan fingerprint density at radius 1 is 1.19 bits per heavy atom. The van der Waals surface area contributed by atoms with Crippen molar-refractivity contribution in [3.63, 3.8) is 0 Å². The number of halogens is 1. The van der Waals surface area contributed by atoms with Crippen molar-refractivity contribution < 1.29 is 28.6 Å². The van der Waals surface area contributed by atoms with Crippen LogP contribution in [0.1, 0.15) is 39.6 Å². The molecule has 2 N–H and O–H groups in total. The lowest BCUT2D eigenvalue weighted by atomic mass is 10.0. The minimum absolute atomic E-state index is 0.0915. The third-order valence-electron chi connectivity index (χ3n) is 5.35. The quantitative estimate of drug-likeness (QED) is 0.693. The average molecular weight is 444 g/mol. The monoisotopic (exact) mass is 444 g/mol. The summed E-state index contributed by atoms with van der Waals surface area (Å²) in [5.74, 6) is -0.222. The van der Waals surface area contributed by atoms with Crippen LogP contribution in [0.15, 0.2) is 29.4 Å². The van der Waals surface area contributed by atoms with E-state index in [0.717, 1.165) is 5.56 Å². The number of carbonyl (C=O) groups excluding carboxylic acids is 1. The molecule has 1 aromatic carbocycles. The number of nitrogens with zero attached hydrogens (tertiary/aromatic N) is 3. The first-order valence-corrected chi connectivity index (χ1v) is 10.4. The van der Waals surface area contributed by atoms with E-state index in [2.05, 4.69) is 20.4 Å². The number of aromatic nitrogens is 2. The maximum Gasteiger partial charge on any atom is 0.270 e. The molecule has 1 aromatic heterocycles. The molecule has 2 aliphatic rings. The van der Waals surface area contributed by atoms with Crippen LogP contribution < -0.4 is 5.32 Å². The maximum absolute atomic E-state index is 13.4. The third kappa shape index (κ3) is 5.09. The van der Waals surface area contributed by atoms with Gasteiger partial charge in [0.05, 0.1) is 25.5 Å². The highest BCUT2D eigenvalue weighted by molar-refractivity contribution is 6.02. The molecule has 2 aromatic rings. The van der Waals surface area contributed by atoms with Crippen molar-refractivity contribution in [2.45, 2.75) is 45.1 Å². The number of aliphatic hydroxyl groups excluding tert-OH is 1. The number of ether oxygens (including phenoxy) is 2. The van der Waals surface area contributed by atoms with Crippen LogP contribution in [0.2, 0.25) is 0 Å². The molecule has 3 atom stereocenters. The van der Waals surface area contributed by atoms with Crippen LogP contribution >= 0.6 is 0 Å². The molecule has 1 saturated heterocycles. The van der Waals surface area contributed by atoms with Gasteiger partial charge in [-0.05, 0) is 37.1 Å². The SMILES string of the molecule is Cc1nc(C(=O)NCc2ccc(F)c(C)c2)cc(C2=NOC([C@H]3CO[C@H](CO)CO3)C2)n1. The molecule has 1 amide bonds. The van der Waals surface area contributed by atoms with Crippen molar-refractivity contribution in [2.75, 3.05) is 19.8 Å². The number of amides is 1. The Morgan fingerprint density at radius 3 is 2.75 bits per heavy atom. The van der Waals surface area contributed by atoms with Gasteiger partial charge in [0, 0.05) is 13.0 Å². The van der Waals surface area contributed by atoms with Gasteiger partial charge in [-0.2, -0.15) is 0 Å². The van der Waals surface area contributed by atoms with Gasteiger partial charge < -0.3 is 24.7 Å². The third-order valence-corrected chi connectivity index (χ3v) is 5.35. The molecule has 0 aliphatic carbocycles. The maximum atomic E-state index is 13.4. The molecule has 4 rings (SSSR count). The number of rotatable bonds is 6. The lowest BCUT2D eigenvalue weighted by molar-refractivity contribution is -0.178. The summed E-state index contributed by atoms with van der Waals surface area (Å²) in [6, 6.07) is 6.27. The summed E-state index contributed by atoms with van der Waals surface area (Å²) in [6.45, 7) is 4.13. The van der Waals surface area contributed by atoms with E-state index in [-0.39, 0.29) is 48.9 Å². The fourth-order valence-corrected chi connectivity index (χ4v) is 3.55. The molecule has 2 aliphatic heterocycles. The fraction of sp³-hybridized carbons (Fsp3) is 0.455. The second-order valence-corrected chi connectivity index (χ2v) is 7.85. The number of oxime groups is 1. The number of nitrogens with one attached hydrogen (secondary N) is 1. The van der Waals surface area contributed by atoms with Crippen LogP contribution in [-0.2, 0) is 20.9 Å². The van der Waals surface area contributed by atoms with Crippen molar-refractivity contribution in [1.82, 2.24) is 15.3 Å². The minimum atomic E-state index is -0.367. The highest BCUT2D eigenvalue weighted by atomic mass is 19.1. The normalized spacial score (nSPS) is 22.9. The fourth-order valence-electron chi connectivity index (χ4n) is 3.55. The van der Waals surface area contributed by atoms with Crippen molar-refractivity contribution in [2.24, 2.45) is 5.16 Å². The molecule has 0 saturated carbocycles. The van der Waals surface area contributed by atoms with Gasteiger partial charge in [-0.15, -0.1) is 0 Å². The molecule has 1 fully saturated rings. The highest BCUT2D eigenvalue weighted by Gasteiger charge is 2.35. The van der Waals surface area contributed by atoms with Gasteiger partial charge >= 0.3 is 0 Å². The first-order chi connectivity index (χ1) is 15.4. The zero-order chi connectivity index (χ0) is 22.7. The van der Waals surface area contributed by atoms with Crippen molar-refractivity contribution in [1.29, 1.82) is 0 Å². The van der Waals surface area contributed by atoms with Crippen LogP contribution in [0.3, 0.4) is 0 Å². The number of benzene rings is 1. The van der Waals surface area contributed by atoms with Crippen molar-refractivity contribution in [3.05, 3.63) is 58.4 Å². The Balaban J connectivity index is 1.39. The van der Waals surface area contributed by atoms with E-state index in [0.29, 0.717) is 42.4 Å². The van der Waals surface area contributed by atoms with Gasteiger partial charge in [-0.1, -0.05) is 17.3 Å². The van der Waals surface area contributed by atoms with Crippen LogP contribution in [-0.4, -0.2) is 64.8 Å². The van der Waals surface area contributed by atoms with Crippen LogP contribution in [0.4, 0.5) is 4.39 Å². The standard InChI is InChI=1S/C22H25FN4O5/c1-12-5-14(3-4-16(12)23)8-24-22(29)19-6-17(25-13(2)26-19)18-7-20(32-27-18)21-11-30-15(9-28)10-31-21/h3-6,15,20-21,28H,7-11H2,1-2H3,(H,24,29)/t15-,20?,21-/m1/s1. The van der Waals surface area contributed by atoms with Gasteiger partial charge in [0.2, 0.25) is 0 Å². The summed E-state index contributed by atoms with van der Waals surface area (Å²) >= 11 is 0. The average Bonchev–Trinajstić information content (AvgIpc) is 3.30. The van der Waals surface area contributed by atoms with Gasteiger partial charge in [-0.3, -0.25) is 4.79 Å². The van der Waals surface area contributed by atoms with E-state index < -0.39 is 0 Å². The minimum Gasteiger partial charge on any atom is -0.394 e. The van der Waals surface area contributed by atoms with E-state index in [1.807, 2.05) is 0 Å². The van der Waals surface area contributed by atoms with Crippen LogP contribution in [0, 0.1) is 19.7 Å². The van der Waals surface area contributed by atoms with E-state index in [1.165, 1.54) is 6.07 Å². The summed E-state index contributed by atoms with van der Waals surface area (Å²) in [4.78, 5) is 26.8. The summed E-state index contributed by atoms with van der Waals surface area (Å²) < 4.78 is 24.7. The Morgan fingerprint density at radius 2 is 2.03 bits per heavy atom. The molecular weight excluding hydrogens is 419 g/mol. The highest BCUT2D eigenvalue weighted by Crippen LogP contribution is 2.23. The Bertz CT molecular complexity index is 1020. The number of hydrogen-bond donors (Lipinski definition) is 2. The molecule has 0 spiro atoms. The summed E-state index contributed by atoms with van der Waals surface area (Å²) in [5.41, 5.74) is 2.62. The zero-order valence-electron chi connectivity index (χ0n) is 17.9. The topological polar surface area (TPSA) is 115 Å². The van der Waals surface area contributed by atoms with Crippen molar-refractivity contribution >= 4 is 11.6 Å². The predicted molar refractivity (Wildman–Crippen MR) is 112 cm³/mol. The Kier molecular flexibility index (Phi) is 6.73. The second-order valence-electron chi connectivity index (χ2n) is 7.85. The van der Waals surface area contributed by atoms with Gasteiger partial charge in [0.15, 0.2) is 6.10 Å². The van der Waals surface area contributed by atoms with E-state index in [9.17, 15) is 9.18 Å². The summed E-state index contributed by atoms with van der Waals surface area (Å²) in [7, 11) is 0. The molecule has 1 unspecified atom stereocenters. The lowest BCUT2D eigenvalue weighted by Crippen LogP contribution is -2.43. The number of aliphatic hydroxyl groups is 1. The lowest BCUT2D eigenvalue weighted by Gasteiger charge is -2.30. The summed E-state index contributed by atoms with van der Waals surface area (Å²) in [5, 5.41) is 16.1. The van der Waals surface area contributed by atoms with Gasteiger partial charge in [-0.25, -0.2) is 14.4 Å². The number of carbonyl (C=O) groups is 1. The molecular formula is C22H25FN4O5. The predicted octanol–water partition coefficient (Wildman–Crippen LogP) is 1.43. The smallest absolute Gasteiger partial charge is 0.270 e. The van der Waals surface area contributed by atoms with E-state index in [1.54, 1.807) is 32.0 Å². The van der Waals surface area contributed by atoms with Crippen LogP contribution in [0.5, 0.6) is 0 Å². The first-order valence-electron chi connectivity index (χ1n) is 10.4. The van der Waals surface area contributed by atoms with E-state index >= 15 is 0 Å². The molecule has 0 bridgehead atoms. The summed E-state index contributed by atoms with van der Waals surface area (Å²) in [6.07, 6.45) is -0.509. The number of aryl methyl sites for hydroxylation is 2. The molecule has 10 heteroatoms. The molecule has 0 radical (unpaired) electrons. The molecule has 9 nitrogen and oxygen atoms in total. The Hall–Kier alpha value is -2.95. The van der Waals surface area contributed by atoms with E-state index in [4.69, 9.17) is 19.4 Å². The van der Waals surface area contributed by atoms with Crippen LogP contribution in [0.25, 0.3) is 0 Å². The van der Waals surface area contributed by atoms with Gasteiger partial charge in [0.1, 0.15) is 35.3 Å². The van der Waals surface area contributed by atoms with Crippen molar-refractivity contribution in [3.8, 4) is 0 Å².